The van der Waals surface area contributed by atoms with Gasteiger partial charge in [0.25, 0.3) is 0 Å². The third-order valence-electron chi connectivity index (χ3n) is 1.95. The Labute approximate surface area is 109 Å². The Morgan fingerprint density at radius 1 is 1.35 bits per heavy atom. The van der Waals surface area contributed by atoms with Gasteiger partial charge in [-0.05, 0) is 52.3 Å². The van der Waals surface area contributed by atoms with E-state index in [2.05, 4.69) is 21.2 Å². The van der Waals surface area contributed by atoms with E-state index in [9.17, 15) is 17.6 Å². The first-order valence-corrected chi connectivity index (χ1v) is 6.47. The fraction of sp³-hybridized carbons (Fsp3) is 0.400. The molecule has 0 aromatic heterocycles. The second-order valence-corrected chi connectivity index (χ2v) is 5.32. The molecule has 1 rings (SSSR count). The minimum Gasteiger partial charge on any atom is -0.384 e. The van der Waals surface area contributed by atoms with Gasteiger partial charge in [0.1, 0.15) is 5.82 Å². The predicted octanol–water partition coefficient (Wildman–Crippen LogP) is 4.56. The van der Waals surface area contributed by atoms with Crippen LogP contribution in [-0.4, -0.2) is 17.8 Å². The first-order valence-electron chi connectivity index (χ1n) is 4.70. The minimum atomic E-state index is -4.22. The van der Waals surface area contributed by atoms with E-state index < -0.39 is 11.3 Å². The number of benzene rings is 1. The number of aryl methyl sites for hydroxylation is 1. The monoisotopic (exact) mass is 331 g/mol. The highest BCUT2D eigenvalue weighted by atomic mass is 79.9. The van der Waals surface area contributed by atoms with Crippen LogP contribution in [0.25, 0.3) is 0 Å². The Balaban J connectivity index is 2.50. The summed E-state index contributed by atoms with van der Waals surface area (Å²) in [5.74, 6) is -0.553. The third-order valence-corrected chi connectivity index (χ3v) is 3.29. The Hall–Kier alpha value is -0.430. The summed E-state index contributed by atoms with van der Waals surface area (Å²) in [6.07, 6.45) is 0. The molecule has 96 valence electrons. The lowest BCUT2D eigenvalue weighted by atomic mass is 10.2. The van der Waals surface area contributed by atoms with Crippen molar-refractivity contribution in [2.45, 2.75) is 12.4 Å². The molecule has 0 heterocycles. The predicted molar refractivity (Wildman–Crippen MR) is 65.8 cm³/mol. The highest BCUT2D eigenvalue weighted by Gasteiger charge is 2.27. The van der Waals surface area contributed by atoms with Crippen LogP contribution in [0.2, 0.25) is 0 Å². The van der Waals surface area contributed by atoms with Gasteiger partial charge in [0.15, 0.2) is 0 Å². The molecule has 0 fully saturated rings. The fourth-order valence-corrected chi connectivity index (χ4v) is 2.08. The Bertz CT molecular complexity index is 395. The van der Waals surface area contributed by atoms with E-state index in [0.29, 0.717) is 10.2 Å². The van der Waals surface area contributed by atoms with Crippen molar-refractivity contribution in [1.29, 1.82) is 0 Å². The highest BCUT2D eigenvalue weighted by molar-refractivity contribution is 9.10. The molecule has 0 unspecified atom stereocenters. The van der Waals surface area contributed by atoms with Crippen molar-refractivity contribution in [3.05, 3.63) is 28.0 Å². The summed E-state index contributed by atoms with van der Waals surface area (Å²) in [5, 5.41) is 2.77. The fourth-order valence-electron chi connectivity index (χ4n) is 1.19. The average Bonchev–Trinajstić information content (AvgIpc) is 2.18. The number of halogens is 5. The number of alkyl halides is 3. The molecule has 0 amide bonds. The smallest absolute Gasteiger partial charge is 0.384 e. The first kappa shape index (κ1) is 14.6. The maximum Gasteiger partial charge on any atom is 0.441 e. The van der Waals surface area contributed by atoms with Crippen molar-refractivity contribution in [2.75, 3.05) is 17.6 Å². The molecule has 0 spiro atoms. The standard InChI is InChI=1S/C10H10BrF4NS/c1-6-4-7(11)8(12)5-9(6)16-2-3-17-10(13,14)15/h4-5,16H,2-3H2,1H3. The Morgan fingerprint density at radius 2 is 2.00 bits per heavy atom. The van der Waals surface area contributed by atoms with Crippen LogP contribution < -0.4 is 5.32 Å². The van der Waals surface area contributed by atoms with E-state index in [1.54, 1.807) is 13.0 Å². The van der Waals surface area contributed by atoms with Crippen LogP contribution in [0.4, 0.5) is 23.2 Å². The number of anilines is 1. The molecule has 0 saturated carbocycles. The summed E-state index contributed by atoms with van der Waals surface area (Å²) < 4.78 is 49.1. The zero-order chi connectivity index (χ0) is 13.1. The normalized spacial score (nSPS) is 11.6. The molecule has 0 bridgehead atoms. The molecule has 0 aliphatic carbocycles. The van der Waals surface area contributed by atoms with E-state index in [4.69, 9.17) is 0 Å². The van der Waals surface area contributed by atoms with E-state index in [1.165, 1.54) is 6.07 Å². The molecule has 7 heteroatoms. The van der Waals surface area contributed by atoms with Crippen LogP contribution >= 0.6 is 27.7 Å². The lowest BCUT2D eigenvalue weighted by Gasteiger charge is -2.11. The van der Waals surface area contributed by atoms with Crippen LogP contribution in [0.1, 0.15) is 5.56 Å². The molecule has 0 saturated heterocycles. The van der Waals surface area contributed by atoms with Crippen molar-refractivity contribution in [3.63, 3.8) is 0 Å². The van der Waals surface area contributed by atoms with Gasteiger partial charge in [-0.25, -0.2) is 4.39 Å². The van der Waals surface area contributed by atoms with Gasteiger partial charge in [-0.15, -0.1) is 0 Å². The quantitative estimate of drug-likeness (QED) is 0.641. The number of thioether (sulfide) groups is 1. The zero-order valence-electron chi connectivity index (χ0n) is 8.87. The van der Waals surface area contributed by atoms with Crippen molar-refractivity contribution in [3.8, 4) is 0 Å². The molecular formula is C10H10BrF4NS. The Morgan fingerprint density at radius 3 is 2.59 bits per heavy atom. The van der Waals surface area contributed by atoms with Gasteiger partial charge in [-0.1, -0.05) is 0 Å². The van der Waals surface area contributed by atoms with E-state index in [0.717, 1.165) is 5.56 Å². The third kappa shape index (κ3) is 5.16. The number of nitrogens with one attached hydrogen (secondary N) is 1. The van der Waals surface area contributed by atoms with Gasteiger partial charge in [0.2, 0.25) is 0 Å². The van der Waals surface area contributed by atoms with Crippen molar-refractivity contribution in [1.82, 2.24) is 0 Å². The molecular weight excluding hydrogens is 322 g/mol. The van der Waals surface area contributed by atoms with Crippen LogP contribution in [-0.2, 0) is 0 Å². The molecule has 0 atom stereocenters. The van der Waals surface area contributed by atoms with Crippen LogP contribution in [0.3, 0.4) is 0 Å². The largest absolute Gasteiger partial charge is 0.441 e. The molecule has 0 radical (unpaired) electrons. The summed E-state index contributed by atoms with van der Waals surface area (Å²) >= 11 is 2.93. The molecule has 1 N–H and O–H groups in total. The van der Waals surface area contributed by atoms with Crippen molar-refractivity contribution < 1.29 is 17.6 Å². The molecule has 17 heavy (non-hydrogen) atoms. The summed E-state index contributed by atoms with van der Waals surface area (Å²) in [4.78, 5) is 0. The average molecular weight is 332 g/mol. The molecule has 1 aromatic rings. The van der Waals surface area contributed by atoms with Gasteiger partial charge < -0.3 is 5.32 Å². The van der Waals surface area contributed by atoms with E-state index in [1.807, 2.05) is 0 Å². The van der Waals surface area contributed by atoms with Gasteiger partial charge in [-0.2, -0.15) is 13.2 Å². The van der Waals surface area contributed by atoms with Gasteiger partial charge in [0, 0.05) is 18.0 Å². The lowest BCUT2D eigenvalue weighted by molar-refractivity contribution is -0.0327. The van der Waals surface area contributed by atoms with Crippen molar-refractivity contribution in [2.24, 2.45) is 0 Å². The van der Waals surface area contributed by atoms with Gasteiger partial charge in [-0.3, -0.25) is 0 Å². The number of hydrogen-bond acceptors (Lipinski definition) is 2. The summed E-state index contributed by atoms with van der Waals surface area (Å²) in [6, 6.07) is 2.84. The zero-order valence-corrected chi connectivity index (χ0v) is 11.3. The lowest BCUT2D eigenvalue weighted by Crippen LogP contribution is -2.10. The highest BCUT2D eigenvalue weighted by Crippen LogP contribution is 2.30. The van der Waals surface area contributed by atoms with Crippen LogP contribution in [0.5, 0.6) is 0 Å². The molecule has 0 aliphatic rings. The summed E-state index contributed by atoms with van der Waals surface area (Å²) in [6.45, 7) is 1.88. The van der Waals surface area contributed by atoms with E-state index >= 15 is 0 Å². The topological polar surface area (TPSA) is 12.0 Å². The second kappa shape index (κ2) is 5.95. The van der Waals surface area contributed by atoms with E-state index in [-0.39, 0.29) is 24.1 Å². The molecule has 1 aromatic carbocycles. The first-order chi connectivity index (χ1) is 7.79. The minimum absolute atomic E-state index is 0.0995. The second-order valence-electron chi connectivity index (χ2n) is 3.30. The summed E-state index contributed by atoms with van der Waals surface area (Å²) in [7, 11) is 0. The SMILES string of the molecule is Cc1cc(Br)c(F)cc1NCCSC(F)(F)F. The molecule has 0 aliphatic heterocycles. The van der Waals surface area contributed by atoms with Crippen LogP contribution in [0, 0.1) is 12.7 Å². The van der Waals surface area contributed by atoms with Crippen LogP contribution in [0.15, 0.2) is 16.6 Å². The van der Waals surface area contributed by atoms with Gasteiger partial charge >= 0.3 is 5.51 Å². The van der Waals surface area contributed by atoms with Gasteiger partial charge in [0.05, 0.1) is 4.47 Å². The maximum absolute atomic E-state index is 13.2. The number of hydrogen-bond donors (Lipinski definition) is 1. The maximum atomic E-state index is 13.2. The molecule has 1 nitrogen and oxygen atoms in total. The summed E-state index contributed by atoms with van der Waals surface area (Å²) in [5.41, 5.74) is -2.94. The number of rotatable bonds is 4. The van der Waals surface area contributed by atoms with Crippen molar-refractivity contribution >= 4 is 33.4 Å². The Kier molecular flexibility index (Phi) is 5.12.